The van der Waals surface area contributed by atoms with E-state index in [4.69, 9.17) is 4.74 Å². The smallest absolute Gasteiger partial charge is 0.409 e. The fourth-order valence-corrected chi connectivity index (χ4v) is 3.95. The second-order valence-electron chi connectivity index (χ2n) is 6.91. The molecule has 1 aromatic rings. The number of benzene rings is 1. The molecule has 3 rings (SSSR count). The summed E-state index contributed by atoms with van der Waals surface area (Å²) < 4.78 is 5.11. The Labute approximate surface area is 143 Å². The predicted octanol–water partition coefficient (Wildman–Crippen LogP) is 2.97. The number of amides is 1. The van der Waals surface area contributed by atoms with Crippen LogP contribution < -0.4 is 0 Å². The Morgan fingerprint density at radius 1 is 1.46 bits per heavy atom. The Morgan fingerprint density at radius 3 is 3.04 bits per heavy atom. The van der Waals surface area contributed by atoms with Gasteiger partial charge in [0.2, 0.25) is 0 Å². The van der Waals surface area contributed by atoms with Gasteiger partial charge in [0.1, 0.15) is 5.60 Å². The van der Waals surface area contributed by atoms with Crippen LogP contribution >= 0.6 is 0 Å². The zero-order valence-corrected chi connectivity index (χ0v) is 14.4. The van der Waals surface area contributed by atoms with E-state index in [1.165, 1.54) is 0 Å². The minimum atomic E-state index is -1.02. The number of hydrogen-bond donors (Lipinski definition) is 1. The summed E-state index contributed by atoms with van der Waals surface area (Å²) in [7, 11) is 0. The van der Waals surface area contributed by atoms with E-state index in [0.29, 0.717) is 32.0 Å². The van der Waals surface area contributed by atoms with E-state index in [-0.39, 0.29) is 12.0 Å². The molecule has 1 amide bonds. The van der Waals surface area contributed by atoms with Crippen LogP contribution in [-0.2, 0) is 4.74 Å². The van der Waals surface area contributed by atoms with E-state index >= 15 is 0 Å². The average molecular weight is 327 g/mol. The van der Waals surface area contributed by atoms with Crippen LogP contribution in [-0.4, -0.2) is 41.4 Å². The maximum atomic E-state index is 12.0. The molecule has 1 saturated heterocycles. The number of aliphatic hydroxyl groups is 1. The maximum absolute atomic E-state index is 12.0. The fourth-order valence-electron chi connectivity index (χ4n) is 3.95. The Kier molecular flexibility index (Phi) is 4.82. The molecule has 0 bridgehead atoms. The summed E-state index contributed by atoms with van der Waals surface area (Å²) >= 11 is 0. The van der Waals surface area contributed by atoms with Gasteiger partial charge >= 0.3 is 6.09 Å². The quantitative estimate of drug-likeness (QED) is 0.807. The summed E-state index contributed by atoms with van der Waals surface area (Å²) in [6, 6.07) is 8.00. The second kappa shape index (κ2) is 6.86. The van der Waals surface area contributed by atoms with Crippen molar-refractivity contribution in [1.82, 2.24) is 4.90 Å². The number of likely N-dealkylation sites (tertiary alicyclic amines) is 1. The number of ether oxygens (including phenoxy) is 1. The lowest BCUT2D eigenvalue weighted by Gasteiger charge is -2.37. The van der Waals surface area contributed by atoms with Crippen molar-refractivity contribution in [2.45, 2.75) is 38.7 Å². The zero-order chi connectivity index (χ0) is 17.2. The first-order valence-corrected chi connectivity index (χ1v) is 8.76. The Morgan fingerprint density at radius 2 is 2.29 bits per heavy atom. The van der Waals surface area contributed by atoms with Crippen LogP contribution in [0.4, 0.5) is 4.79 Å². The van der Waals surface area contributed by atoms with E-state index in [1.54, 1.807) is 4.90 Å². The van der Waals surface area contributed by atoms with E-state index < -0.39 is 5.60 Å². The van der Waals surface area contributed by atoms with Crippen LogP contribution in [0.15, 0.2) is 24.3 Å². The van der Waals surface area contributed by atoms with Crippen molar-refractivity contribution in [1.29, 1.82) is 0 Å². The highest BCUT2D eigenvalue weighted by Crippen LogP contribution is 2.42. The number of carbonyl (C=O) groups is 1. The molecule has 3 atom stereocenters. The molecule has 1 N–H and O–H groups in total. The molecule has 4 heteroatoms. The standard InChI is InChI=1S/C20H25NO3/c1-3-24-19(22)21-13-17-8-5-10-20(23,18(17)14-21)11-9-16-7-4-6-15(2)12-16/h4,6-7,12,17-18,23H,3,5,8,10,13-14H2,1-2H3/t17?,18-,20?/m0/s1. The molecule has 1 aliphatic heterocycles. The molecular formula is C20H25NO3. The van der Waals surface area contributed by atoms with Crippen LogP contribution in [0.5, 0.6) is 0 Å². The van der Waals surface area contributed by atoms with Gasteiger partial charge in [-0.1, -0.05) is 24.0 Å². The van der Waals surface area contributed by atoms with Gasteiger partial charge in [-0.15, -0.1) is 0 Å². The molecule has 0 radical (unpaired) electrons. The van der Waals surface area contributed by atoms with Crippen LogP contribution in [0.25, 0.3) is 0 Å². The number of nitrogens with zero attached hydrogens (tertiary/aromatic N) is 1. The molecular weight excluding hydrogens is 302 g/mol. The number of aryl methyl sites for hydroxylation is 1. The molecule has 2 unspecified atom stereocenters. The van der Waals surface area contributed by atoms with Crippen molar-refractivity contribution >= 4 is 6.09 Å². The third-order valence-corrected chi connectivity index (χ3v) is 5.15. The molecule has 1 heterocycles. The highest BCUT2D eigenvalue weighted by molar-refractivity contribution is 5.68. The summed E-state index contributed by atoms with van der Waals surface area (Å²) in [6.07, 6.45) is 2.37. The van der Waals surface area contributed by atoms with Gasteiger partial charge in [0.25, 0.3) is 0 Å². The molecule has 0 spiro atoms. The summed E-state index contributed by atoms with van der Waals surface area (Å²) in [5.74, 6) is 6.59. The number of rotatable bonds is 1. The maximum Gasteiger partial charge on any atom is 0.409 e. The molecule has 1 saturated carbocycles. The fraction of sp³-hybridized carbons (Fsp3) is 0.550. The molecule has 1 aromatic carbocycles. The minimum absolute atomic E-state index is 0.00738. The van der Waals surface area contributed by atoms with Crippen molar-refractivity contribution in [3.05, 3.63) is 35.4 Å². The van der Waals surface area contributed by atoms with Gasteiger partial charge in [0, 0.05) is 24.6 Å². The summed E-state index contributed by atoms with van der Waals surface area (Å²) in [5.41, 5.74) is 1.06. The first-order valence-electron chi connectivity index (χ1n) is 8.76. The van der Waals surface area contributed by atoms with E-state index in [9.17, 15) is 9.90 Å². The van der Waals surface area contributed by atoms with Crippen LogP contribution in [0.3, 0.4) is 0 Å². The summed E-state index contributed by atoms with van der Waals surface area (Å²) in [6.45, 7) is 5.41. The van der Waals surface area contributed by atoms with Gasteiger partial charge in [-0.05, 0) is 56.7 Å². The molecule has 2 fully saturated rings. The predicted molar refractivity (Wildman–Crippen MR) is 92.4 cm³/mol. The SMILES string of the molecule is CCOC(=O)N1CC2CCCC(O)(C#Cc3cccc(C)c3)[C@H]2C1. The van der Waals surface area contributed by atoms with Crippen molar-refractivity contribution < 1.29 is 14.6 Å². The topological polar surface area (TPSA) is 49.8 Å². The molecule has 24 heavy (non-hydrogen) atoms. The van der Waals surface area contributed by atoms with Crippen molar-refractivity contribution in [2.24, 2.45) is 11.8 Å². The Bertz CT molecular complexity index is 675. The summed E-state index contributed by atoms with van der Waals surface area (Å²) in [5, 5.41) is 11.1. The Balaban J connectivity index is 1.79. The van der Waals surface area contributed by atoms with Crippen molar-refractivity contribution in [3.63, 3.8) is 0 Å². The number of fused-ring (bicyclic) bond motifs is 1. The van der Waals surface area contributed by atoms with E-state index in [2.05, 4.69) is 11.8 Å². The minimum Gasteiger partial charge on any atom is -0.450 e. The van der Waals surface area contributed by atoms with Crippen LogP contribution in [0.2, 0.25) is 0 Å². The van der Waals surface area contributed by atoms with Crippen LogP contribution in [0, 0.1) is 30.6 Å². The molecule has 128 valence electrons. The Hall–Kier alpha value is -1.99. The average Bonchev–Trinajstić information content (AvgIpc) is 3.00. The van der Waals surface area contributed by atoms with Crippen molar-refractivity contribution in [2.75, 3.05) is 19.7 Å². The normalized spacial score (nSPS) is 28.7. The lowest BCUT2D eigenvalue weighted by Crippen LogP contribution is -2.44. The van der Waals surface area contributed by atoms with Gasteiger partial charge < -0.3 is 14.7 Å². The van der Waals surface area contributed by atoms with Gasteiger partial charge in [-0.2, -0.15) is 0 Å². The largest absolute Gasteiger partial charge is 0.450 e. The van der Waals surface area contributed by atoms with Gasteiger partial charge in [-0.3, -0.25) is 0 Å². The molecule has 2 aliphatic rings. The molecule has 0 aromatic heterocycles. The highest BCUT2D eigenvalue weighted by Gasteiger charge is 2.49. The van der Waals surface area contributed by atoms with Gasteiger partial charge in [-0.25, -0.2) is 4.79 Å². The first kappa shape index (κ1) is 16.9. The number of hydrogen-bond acceptors (Lipinski definition) is 3. The summed E-state index contributed by atoms with van der Waals surface area (Å²) in [4.78, 5) is 13.7. The molecule has 4 nitrogen and oxygen atoms in total. The third-order valence-electron chi connectivity index (χ3n) is 5.15. The second-order valence-corrected chi connectivity index (χ2v) is 6.91. The van der Waals surface area contributed by atoms with E-state index in [1.807, 2.05) is 38.1 Å². The monoisotopic (exact) mass is 327 g/mol. The lowest BCUT2D eigenvalue weighted by molar-refractivity contribution is -0.00794. The molecule has 1 aliphatic carbocycles. The van der Waals surface area contributed by atoms with Crippen molar-refractivity contribution in [3.8, 4) is 11.8 Å². The van der Waals surface area contributed by atoms with E-state index in [0.717, 1.165) is 24.0 Å². The van der Waals surface area contributed by atoms with Crippen LogP contribution in [0.1, 0.15) is 37.3 Å². The highest BCUT2D eigenvalue weighted by atomic mass is 16.6. The number of carbonyl (C=O) groups excluding carboxylic acids is 1. The van der Waals surface area contributed by atoms with Gasteiger partial charge in [0.15, 0.2) is 0 Å². The zero-order valence-electron chi connectivity index (χ0n) is 14.4. The lowest BCUT2D eigenvalue weighted by atomic mass is 9.71. The van der Waals surface area contributed by atoms with Gasteiger partial charge in [0.05, 0.1) is 6.61 Å². The third kappa shape index (κ3) is 3.42. The first-order chi connectivity index (χ1) is 11.5.